The third kappa shape index (κ3) is 3.86. The zero-order valence-electron chi connectivity index (χ0n) is 10.0. The molecule has 0 spiro atoms. The molecule has 0 fully saturated rings. The minimum Gasteiger partial charge on any atom is -0.369 e. The Morgan fingerprint density at radius 2 is 2.12 bits per heavy atom. The van der Waals surface area contributed by atoms with Crippen LogP contribution in [0, 0.1) is 0 Å². The lowest BCUT2D eigenvalue weighted by Gasteiger charge is -2.25. The molecule has 0 aromatic heterocycles. The van der Waals surface area contributed by atoms with Gasteiger partial charge in [-0.25, -0.2) is 0 Å². The van der Waals surface area contributed by atoms with E-state index in [1.165, 1.54) is 0 Å². The molecule has 0 aromatic carbocycles. The van der Waals surface area contributed by atoms with E-state index in [0.29, 0.717) is 19.0 Å². The molecule has 0 saturated carbocycles. The van der Waals surface area contributed by atoms with Gasteiger partial charge >= 0.3 is 0 Å². The van der Waals surface area contributed by atoms with E-state index in [1.54, 1.807) is 0 Å². The van der Waals surface area contributed by atoms with Gasteiger partial charge in [0.15, 0.2) is 0 Å². The van der Waals surface area contributed by atoms with E-state index < -0.39 is 0 Å². The number of nitrogens with zero attached hydrogens (tertiary/aromatic N) is 1. The van der Waals surface area contributed by atoms with Crippen molar-refractivity contribution in [3.63, 3.8) is 0 Å². The monoisotopic (exact) mass is 239 g/mol. The highest BCUT2D eigenvalue weighted by Gasteiger charge is 2.10. The lowest BCUT2D eigenvalue weighted by Crippen LogP contribution is -2.27. The van der Waals surface area contributed by atoms with Gasteiger partial charge in [0.2, 0.25) is 0 Å². The van der Waals surface area contributed by atoms with E-state index in [2.05, 4.69) is 18.7 Å². The largest absolute Gasteiger partial charge is 0.369 e. The first-order valence-electron chi connectivity index (χ1n) is 5.46. The maximum absolute atomic E-state index is 11.0. The topological polar surface area (TPSA) is 20.3 Å². The third-order valence-electron chi connectivity index (χ3n) is 2.51. The molecule has 16 heavy (non-hydrogen) atoms. The van der Waals surface area contributed by atoms with Crippen LogP contribution in [-0.2, 0) is 4.79 Å². The first-order chi connectivity index (χ1) is 7.52. The molecule has 3 heteroatoms. The second-order valence-corrected chi connectivity index (χ2v) is 4.88. The van der Waals surface area contributed by atoms with Gasteiger partial charge in [0.1, 0.15) is 6.29 Å². The quantitative estimate of drug-likeness (QED) is 0.690. The van der Waals surface area contributed by atoms with Gasteiger partial charge in [-0.05, 0) is 33.3 Å². The summed E-state index contributed by atoms with van der Waals surface area (Å²) in [5, 5.41) is 0.788. The summed E-state index contributed by atoms with van der Waals surface area (Å²) < 4.78 is 0. The van der Waals surface area contributed by atoms with Crippen molar-refractivity contribution < 1.29 is 4.79 Å². The van der Waals surface area contributed by atoms with Gasteiger partial charge in [-0.1, -0.05) is 23.3 Å². The van der Waals surface area contributed by atoms with Crippen LogP contribution in [0.2, 0.25) is 0 Å². The van der Waals surface area contributed by atoms with Crippen molar-refractivity contribution in [1.82, 2.24) is 4.90 Å². The predicted molar refractivity (Wildman–Crippen MR) is 68.3 cm³/mol. The Hall–Kier alpha value is -1.02. The molecule has 0 saturated heterocycles. The summed E-state index contributed by atoms with van der Waals surface area (Å²) in [4.78, 5) is 13.0. The number of allylic oxidation sites excluding steroid dienone is 4. The number of carbonyl (C=O) groups is 1. The average molecular weight is 240 g/mol. The van der Waals surface area contributed by atoms with Crippen molar-refractivity contribution in [2.45, 2.75) is 33.2 Å². The van der Waals surface area contributed by atoms with E-state index in [4.69, 9.17) is 11.6 Å². The molecule has 0 aliphatic carbocycles. The van der Waals surface area contributed by atoms with Gasteiger partial charge in [-0.3, -0.25) is 4.79 Å². The van der Waals surface area contributed by atoms with Crippen molar-refractivity contribution in [2.75, 3.05) is 6.54 Å². The first-order valence-corrected chi connectivity index (χ1v) is 5.84. The number of hydrogen-bond acceptors (Lipinski definition) is 2. The van der Waals surface area contributed by atoms with Gasteiger partial charge in [0, 0.05) is 22.8 Å². The average Bonchev–Trinajstić information content (AvgIpc) is 2.29. The number of halogens is 1. The Labute approximate surface area is 102 Å². The molecule has 1 aliphatic rings. The first kappa shape index (κ1) is 13.0. The third-order valence-corrected chi connectivity index (χ3v) is 2.76. The van der Waals surface area contributed by atoms with Gasteiger partial charge in [-0.2, -0.15) is 0 Å². The van der Waals surface area contributed by atoms with E-state index in [1.807, 2.05) is 25.3 Å². The fourth-order valence-electron chi connectivity index (χ4n) is 1.55. The van der Waals surface area contributed by atoms with Crippen LogP contribution in [0.5, 0.6) is 0 Å². The highest BCUT2D eigenvalue weighted by atomic mass is 35.5. The zero-order chi connectivity index (χ0) is 12.1. The second kappa shape index (κ2) is 5.90. The SMILES string of the molecule is CC1=CC=C(Cl)CN(C(C)C)C=C(C=O)C1. The molecule has 1 aliphatic heterocycles. The van der Waals surface area contributed by atoms with E-state index in [9.17, 15) is 4.79 Å². The van der Waals surface area contributed by atoms with Crippen molar-refractivity contribution in [3.05, 3.63) is 34.5 Å². The molecule has 0 N–H and O–H groups in total. The number of hydrogen-bond donors (Lipinski definition) is 0. The smallest absolute Gasteiger partial charge is 0.147 e. The summed E-state index contributed by atoms with van der Waals surface area (Å²) in [6.45, 7) is 6.83. The van der Waals surface area contributed by atoms with E-state index in [0.717, 1.165) is 22.5 Å². The maximum atomic E-state index is 11.0. The number of carbonyl (C=O) groups excluding carboxylic acids is 1. The Morgan fingerprint density at radius 3 is 2.69 bits per heavy atom. The van der Waals surface area contributed by atoms with Gasteiger partial charge < -0.3 is 4.90 Å². The van der Waals surface area contributed by atoms with Crippen LogP contribution < -0.4 is 0 Å². The Kier molecular flexibility index (Phi) is 4.81. The van der Waals surface area contributed by atoms with Crippen LogP contribution >= 0.6 is 11.6 Å². The molecular formula is C13H18ClNO. The highest BCUT2D eigenvalue weighted by Crippen LogP contribution is 2.17. The lowest BCUT2D eigenvalue weighted by atomic mass is 10.1. The molecule has 0 amide bonds. The van der Waals surface area contributed by atoms with Crippen LogP contribution in [0.4, 0.5) is 0 Å². The second-order valence-electron chi connectivity index (χ2n) is 4.39. The van der Waals surface area contributed by atoms with E-state index in [-0.39, 0.29) is 0 Å². The molecular weight excluding hydrogens is 222 g/mol. The fourth-order valence-corrected chi connectivity index (χ4v) is 1.75. The molecule has 0 atom stereocenters. The normalized spacial score (nSPS) is 18.1. The molecule has 2 nitrogen and oxygen atoms in total. The molecule has 1 heterocycles. The van der Waals surface area contributed by atoms with Crippen molar-refractivity contribution in [3.8, 4) is 0 Å². The van der Waals surface area contributed by atoms with Crippen LogP contribution in [0.3, 0.4) is 0 Å². The summed E-state index contributed by atoms with van der Waals surface area (Å²) in [6.07, 6.45) is 7.41. The Balaban J connectivity index is 3.02. The summed E-state index contributed by atoms with van der Waals surface area (Å²) in [5.41, 5.74) is 1.93. The van der Waals surface area contributed by atoms with Gasteiger partial charge in [0.05, 0.1) is 6.54 Å². The van der Waals surface area contributed by atoms with Crippen LogP contribution in [0.1, 0.15) is 27.2 Å². The van der Waals surface area contributed by atoms with E-state index >= 15 is 0 Å². The van der Waals surface area contributed by atoms with Crippen LogP contribution in [0.25, 0.3) is 0 Å². The maximum Gasteiger partial charge on any atom is 0.147 e. The van der Waals surface area contributed by atoms with Crippen molar-refractivity contribution in [1.29, 1.82) is 0 Å². The molecule has 0 bridgehead atoms. The molecule has 0 unspecified atom stereocenters. The van der Waals surface area contributed by atoms with Gasteiger partial charge in [-0.15, -0.1) is 0 Å². The molecule has 0 aromatic rings. The fraction of sp³-hybridized carbons (Fsp3) is 0.462. The minimum atomic E-state index is 0.329. The number of rotatable bonds is 2. The standard InChI is InChI=1S/C13H18ClNO/c1-10(2)15-7-12(9-16)6-11(3)4-5-13(14)8-15/h4-5,7,9-10H,6,8H2,1-3H3. The summed E-state index contributed by atoms with van der Waals surface area (Å²) in [5.74, 6) is 0. The van der Waals surface area contributed by atoms with Crippen molar-refractivity contribution in [2.24, 2.45) is 0 Å². The highest BCUT2D eigenvalue weighted by molar-refractivity contribution is 6.30. The summed E-state index contributed by atoms with van der Waals surface area (Å²) in [7, 11) is 0. The Morgan fingerprint density at radius 1 is 1.44 bits per heavy atom. The summed E-state index contributed by atoms with van der Waals surface area (Å²) >= 11 is 6.12. The predicted octanol–water partition coefficient (Wildman–Crippen LogP) is 3.25. The molecule has 1 rings (SSSR count). The minimum absolute atomic E-state index is 0.329. The Bertz CT molecular complexity index is 353. The van der Waals surface area contributed by atoms with Crippen LogP contribution in [-0.4, -0.2) is 23.8 Å². The number of aldehydes is 1. The van der Waals surface area contributed by atoms with Crippen LogP contribution in [0.15, 0.2) is 34.5 Å². The zero-order valence-corrected chi connectivity index (χ0v) is 10.8. The summed E-state index contributed by atoms with van der Waals surface area (Å²) in [6, 6.07) is 0.329. The lowest BCUT2D eigenvalue weighted by molar-refractivity contribution is -0.105. The molecule has 88 valence electrons. The molecule has 0 radical (unpaired) electrons. The van der Waals surface area contributed by atoms with Gasteiger partial charge in [0.25, 0.3) is 0 Å². The van der Waals surface area contributed by atoms with Crippen molar-refractivity contribution >= 4 is 17.9 Å².